The quantitative estimate of drug-likeness (QED) is 0.714. The Kier molecular flexibility index (Phi) is 2.40. The number of hydrogen-bond donors (Lipinski definition) is 2. The Morgan fingerprint density at radius 2 is 2.38 bits per heavy atom. The highest BCUT2D eigenvalue weighted by Gasteiger charge is 2.14. The van der Waals surface area contributed by atoms with E-state index < -0.39 is 0 Å². The Balaban J connectivity index is 2.37. The number of hydroxylamine groups is 1. The second-order valence-electron chi connectivity index (χ2n) is 2.98. The van der Waals surface area contributed by atoms with Crippen molar-refractivity contribution in [2.75, 3.05) is 6.61 Å². The van der Waals surface area contributed by atoms with Gasteiger partial charge in [0, 0.05) is 18.0 Å². The van der Waals surface area contributed by atoms with Gasteiger partial charge in [0.1, 0.15) is 5.75 Å². The number of fused-ring (bicyclic) bond motifs is 1. The fraction of sp³-hybridized carbons (Fsp3) is 0.333. The lowest BCUT2D eigenvalue weighted by atomic mass is 10.1. The van der Waals surface area contributed by atoms with Crippen LogP contribution in [0.4, 0.5) is 0 Å². The smallest absolute Gasteiger partial charge is 0.124 e. The van der Waals surface area contributed by atoms with E-state index in [0.29, 0.717) is 11.6 Å². The molecule has 0 saturated carbocycles. The van der Waals surface area contributed by atoms with Crippen molar-refractivity contribution in [3.05, 3.63) is 28.3 Å². The maximum atomic E-state index is 8.55. The first-order valence-corrected chi connectivity index (χ1v) is 4.50. The number of hydrogen-bond acceptors (Lipinski definition) is 3. The van der Waals surface area contributed by atoms with Crippen molar-refractivity contribution in [2.45, 2.75) is 13.0 Å². The lowest BCUT2D eigenvalue weighted by Crippen LogP contribution is -2.06. The van der Waals surface area contributed by atoms with Gasteiger partial charge in [0.05, 0.1) is 6.61 Å². The molecule has 0 saturated heterocycles. The number of ether oxygens (including phenoxy) is 1. The standard InChI is InChI=1S/C9H10ClNO2/c10-8-4-9-6(1-2-13-9)3-7(8)5-11-12/h3-4,11-12H,1-2,5H2. The summed E-state index contributed by atoms with van der Waals surface area (Å²) in [6.45, 7) is 1.09. The van der Waals surface area contributed by atoms with Gasteiger partial charge in [-0.1, -0.05) is 11.6 Å². The molecule has 2 N–H and O–H groups in total. The first-order chi connectivity index (χ1) is 6.31. The van der Waals surface area contributed by atoms with Crippen molar-refractivity contribution in [3.8, 4) is 5.75 Å². The van der Waals surface area contributed by atoms with E-state index in [1.807, 2.05) is 6.07 Å². The SMILES string of the molecule is ONCc1cc2c(cc1Cl)OCC2. The fourth-order valence-electron chi connectivity index (χ4n) is 1.47. The number of rotatable bonds is 2. The van der Waals surface area contributed by atoms with Gasteiger partial charge in [-0.25, -0.2) is 5.48 Å². The summed E-state index contributed by atoms with van der Waals surface area (Å²) in [6.07, 6.45) is 0.922. The van der Waals surface area contributed by atoms with Gasteiger partial charge in [-0.05, 0) is 23.3 Å². The molecule has 0 radical (unpaired) electrons. The molecule has 0 amide bonds. The van der Waals surface area contributed by atoms with Gasteiger partial charge in [0.15, 0.2) is 0 Å². The van der Waals surface area contributed by atoms with Crippen LogP contribution in [0.25, 0.3) is 0 Å². The number of benzene rings is 1. The Bertz CT molecular complexity index is 328. The molecule has 0 aromatic heterocycles. The zero-order valence-corrected chi connectivity index (χ0v) is 7.77. The molecule has 3 nitrogen and oxygen atoms in total. The van der Waals surface area contributed by atoms with Gasteiger partial charge in [0.2, 0.25) is 0 Å². The summed E-state index contributed by atoms with van der Waals surface area (Å²) in [4.78, 5) is 0. The molecule has 0 fully saturated rings. The lowest BCUT2D eigenvalue weighted by molar-refractivity contribution is 0.161. The van der Waals surface area contributed by atoms with E-state index in [2.05, 4.69) is 5.48 Å². The molecule has 0 spiro atoms. The van der Waals surface area contributed by atoms with Crippen molar-refractivity contribution in [1.82, 2.24) is 5.48 Å². The van der Waals surface area contributed by atoms with Gasteiger partial charge in [-0.15, -0.1) is 0 Å². The maximum Gasteiger partial charge on any atom is 0.124 e. The predicted octanol–water partition coefficient (Wildman–Crippen LogP) is 1.75. The topological polar surface area (TPSA) is 41.5 Å². The summed E-state index contributed by atoms with van der Waals surface area (Å²) in [5, 5.41) is 9.18. The van der Waals surface area contributed by atoms with Crippen LogP contribution in [0.3, 0.4) is 0 Å². The van der Waals surface area contributed by atoms with Crippen molar-refractivity contribution in [3.63, 3.8) is 0 Å². The van der Waals surface area contributed by atoms with E-state index in [0.717, 1.165) is 29.9 Å². The van der Waals surface area contributed by atoms with Crippen LogP contribution in [0.5, 0.6) is 5.75 Å². The lowest BCUT2D eigenvalue weighted by Gasteiger charge is -2.05. The second kappa shape index (κ2) is 3.54. The van der Waals surface area contributed by atoms with Gasteiger partial charge in [0.25, 0.3) is 0 Å². The van der Waals surface area contributed by atoms with E-state index in [-0.39, 0.29) is 0 Å². The van der Waals surface area contributed by atoms with Crippen LogP contribution >= 0.6 is 11.6 Å². The summed E-state index contributed by atoms with van der Waals surface area (Å²) in [7, 11) is 0. The minimum atomic E-state index is 0.367. The van der Waals surface area contributed by atoms with Crippen LogP contribution in [-0.2, 0) is 13.0 Å². The molecule has 1 heterocycles. The molecule has 0 aliphatic carbocycles. The van der Waals surface area contributed by atoms with Crippen LogP contribution in [-0.4, -0.2) is 11.8 Å². The van der Waals surface area contributed by atoms with Crippen LogP contribution < -0.4 is 10.2 Å². The third-order valence-electron chi connectivity index (χ3n) is 2.13. The first kappa shape index (κ1) is 8.81. The molecule has 4 heteroatoms. The largest absolute Gasteiger partial charge is 0.493 e. The van der Waals surface area contributed by atoms with Crippen LogP contribution in [0.2, 0.25) is 5.02 Å². The highest BCUT2D eigenvalue weighted by atomic mass is 35.5. The molecule has 0 bridgehead atoms. The summed E-state index contributed by atoms with van der Waals surface area (Å²) in [5.41, 5.74) is 4.15. The van der Waals surface area contributed by atoms with Crippen LogP contribution in [0.1, 0.15) is 11.1 Å². The summed E-state index contributed by atoms with van der Waals surface area (Å²) in [6, 6.07) is 3.77. The Labute approximate surface area is 81.2 Å². The third-order valence-corrected chi connectivity index (χ3v) is 2.48. The summed E-state index contributed by atoms with van der Waals surface area (Å²) < 4.78 is 5.35. The average molecular weight is 200 g/mol. The zero-order valence-electron chi connectivity index (χ0n) is 7.01. The Hall–Kier alpha value is -0.770. The molecule has 1 aliphatic rings. The van der Waals surface area contributed by atoms with Crippen molar-refractivity contribution in [2.24, 2.45) is 0 Å². The maximum absolute atomic E-state index is 8.55. The highest BCUT2D eigenvalue weighted by Crippen LogP contribution is 2.31. The minimum absolute atomic E-state index is 0.367. The molecule has 2 rings (SSSR count). The molecule has 1 aromatic rings. The summed E-state index contributed by atoms with van der Waals surface area (Å²) >= 11 is 5.96. The van der Waals surface area contributed by atoms with E-state index in [4.69, 9.17) is 21.5 Å². The molecule has 0 unspecified atom stereocenters. The Morgan fingerprint density at radius 1 is 1.54 bits per heavy atom. The zero-order chi connectivity index (χ0) is 9.26. The molecule has 0 atom stereocenters. The third kappa shape index (κ3) is 1.63. The number of halogens is 1. The van der Waals surface area contributed by atoms with Gasteiger partial charge in [-0.2, -0.15) is 0 Å². The average Bonchev–Trinajstić information content (AvgIpc) is 2.52. The molecule has 70 valence electrons. The second-order valence-corrected chi connectivity index (χ2v) is 3.39. The normalized spacial score (nSPS) is 14.0. The van der Waals surface area contributed by atoms with E-state index in [1.54, 1.807) is 6.07 Å². The minimum Gasteiger partial charge on any atom is -0.493 e. The fourth-order valence-corrected chi connectivity index (χ4v) is 1.69. The summed E-state index contributed by atoms with van der Waals surface area (Å²) in [5.74, 6) is 0.867. The first-order valence-electron chi connectivity index (χ1n) is 4.12. The molecular formula is C9H10ClNO2. The van der Waals surface area contributed by atoms with Crippen molar-refractivity contribution < 1.29 is 9.94 Å². The van der Waals surface area contributed by atoms with Gasteiger partial charge in [-0.3, -0.25) is 0 Å². The molecular weight excluding hydrogens is 190 g/mol. The van der Waals surface area contributed by atoms with Crippen LogP contribution in [0, 0.1) is 0 Å². The monoisotopic (exact) mass is 199 g/mol. The van der Waals surface area contributed by atoms with Gasteiger partial charge < -0.3 is 9.94 Å². The number of nitrogens with one attached hydrogen (secondary N) is 1. The molecule has 13 heavy (non-hydrogen) atoms. The highest BCUT2D eigenvalue weighted by molar-refractivity contribution is 6.31. The van der Waals surface area contributed by atoms with Crippen molar-refractivity contribution in [1.29, 1.82) is 0 Å². The molecule has 1 aromatic carbocycles. The van der Waals surface area contributed by atoms with E-state index in [1.165, 1.54) is 0 Å². The van der Waals surface area contributed by atoms with E-state index >= 15 is 0 Å². The Morgan fingerprint density at radius 3 is 3.15 bits per heavy atom. The van der Waals surface area contributed by atoms with Crippen molar-refractivity contribution >= 4 is 11.6 Å². The van der Waals surface area contributed by atoms with Crippen LogP contribution in [0.15, 0.2) is 12.1 Å². The predicted molar refractivity (Wildman–Crippen MR) is 49.3 cm³/mol. The molecule has 1 aliphatic heterocycles. The van der Waals surface area contributed by atoms with E-state index in [9.17, 15) is 0 Å². The van der Waals surface area contributed by atoms with Gasteiger partial charge >= 0.3 is 0 Å².